The number of carbonyl (C=O) groups is 5. The van der Waals surface area contributed by atoms with E-state index >= 15 is 0 Å². The van der Waals surface area contributed by atoms with Crippen molar-refractivity contribution in [2.45, 2.75) is 12.8 Å². The molecule has 0 fully saturated rings. The van der Waals surface area contributed by atoms with E-state index in [1.54, 1.807) is 60.7 Å². The van der Waals surface area contributed by atoms with Gasteiger partial charge in [0.2, 0.25) is 5.91 Å². The third-order valence-corrected chi connectivity index (χ3v) is 5.79. The first kappa shape index (κ1) is 22.8. The van der Waals surface area contributed by atoms with Gasteiger partial charge in [0.1, 0.15) is 6.54 Å². The number of Topliss-reactive ketones (excluding diaryl/α,β-unsaturated/α-hetero) is 1. The first-order valence-electron chi connectivity index (χ1n) is 10.8. The molecule has 0 aromatic heterocycles. The molecule has 3 aromatic carbocycles. The van der Waals surface area contributed by atoms with E-state index in [4.69, 9.17) is 0 Å². The highest BCUT2D eigenvalue weighted by Gasteiger charge is 2.34. The van der Waals surface area contributed by atoms with E-state index in [-0.39, 0.29) is 19.4 Å². The lowest BCUT2D eigenvalue weighted by molar-refractivity contribution is -0.143. The van der Waals surface area contributed by atoms with E-state index in [1.807, 2.05) is 6.07 Å². The summed E-state index contributed by atoms with van der Waals surface area (Å²) in [6.45, 7) is -0.929. The van der Waals surface area contributed by atoms with Crippen molar-refractivity contribution >= 4 is 40.2 Å². The van der Waals surface area contributed by atoms with Crippen LogP contribution in [0.15, 0.2) is 66.7 Å². The first-order chi connectivity index (χ1) is 16.3. The van der Waals surface area contributed by atoms with Crippen LogP contribution < -0.4 is 5.32 Å². The van der Waals surface area contributed by atoms with Crippen LogP contribution in [0.3, 0.4) is 0 Å². The molecule has 0 radical (unpaired) electrons. The van der Waals surface area contributed by atoms with E-state index in [2.05, 4.69) is 5.32 Å². The van der Waals surface area contributed by atoms with Crippen molar-refractivity contribution in [3.8, 4) is 0 Å². The van der Waals surface area contributed by atoms with Gasteiger partial charge in [0.05, 0.1) is 12.5 Å². The van der Waals surface area contributed by atoms with Crippen LogP contribution in [-0.2, 0) is 20.8 Å². The van der Waals surface area contributed by atoms with Crippen LogP contribution in [0.4, 0.5) is 0 Å². The number of rotatable bonds is 9. The summed E-state index contributed by atoms with van der Waals surface area (Å²) in [4.78, 5) is 63.0. The maximum Gasteiger partial charge on any atom is 0.307 e. The summed E-state index contributed by atoms with van der Waals surface area (Å²) in [6, 6.07) is 19.2. The Labute approximate surface area is 195 Å². The predicted molar refractivity (Wildman–Crippen MR) is 123 cm³/mol. The molecule has 1 atom stereocenters. The molecule has 4 rings (SSSR count). The minimum absolute atomic E-state index is 0.192. The summed E-state index contributed by atoms with van der Waals surface area (Å²) in [7, 11) is 0. The number of benzene rings is 3. The summed E-state index contributed by atoms with van der Waals surface area (Å²) in [6.07, 6.45) is -0.0565. The molecule has 8 nitrogen and oxygen atoms in total. The lowest BCUT2D eigenvalue weighted by Crippen LogP contribution is -2.47. The quantitative estimate of drug-likeness (QED) is 0.475. The Morgan fingerprint density at radius 1 is 0.853 bits per heavy atom. The van der Waals surface area contributed by atoms with E-state index in [0.29, 0.717) is 16.5 Å². The average molecular weight is 458 g/mol. The molecule has 2 N–H and O–H groups in total. The van der Waals surface area contributed by atoms with Gasteiger partial charge >= 0.3 is 5.97 Å². The Balaban J connectivity index is 1.36. The number of ketones is 1. The van der Waals surface area contributed by atoms with Gasteiger partial charge in [-0.15, -0.1) is 0 Å². The Bertz CT molecular complexity index is 1250. The number of amides is 3. The van der Waals surface area contributed by atoms with Crippen LogP contribution >= 0.6 is 0 Å². The highest BCUT2D eigenvalue weighted by atomic mass is 16.4. The SMILES string of the molecule is O=C(CNC(=O)CN1C(=O)c2cccc3cccc(c23)C1=O)CC(Cc1ccccc1)C(=O)O. The molecule has 0 saturated heterocycles. The van der Waals surface area contributed by atoms with E-state index < -0.39 is 41.9 Å². The molecule has 0 saturated carbocycles. The van der Waals surface area contributed by atoms with Crippen LogP contribution in [0.1, 0.15) is 32.7 Å². The average Bonchev–Trinajstić information content (AvgIpc) is 2.84. The summed E-state index contributed by atoms with van der Waals surface area (Å²) >= 11 is 0. The standard InChI is InChI=1S/C26H22N2O6/c29-19(13-18(26(33)34)12-16-6-2-1-3-7-16)14-27-22(30)15-28-24(31)20-10-4-8-17-9-5-11-21(23(17)20)25(28)32/h1-11,18H,12-15H2,(H,27,30)(H,33,34). The number of nitrogens with one attached hydrogen (secondary N) is 1. The minimum Gasteiger partial charge on any atom is -0.481 e. The number of imide groups is 1. The highest BCUT2D eigenvalue weighted by Crippen LogP contribution is 2.29. The molecule has 3 aromatic rings. The number of carbonyl (C=O) groups excluding carboxylic acids is 4. The van der Waals surface area contributed by atoms with Crippen LogP contribution in [-0.4, -0.2) is 52.6 Å². The first-order valence-corrected chi connectivity index (χ1v) is 10.8. The number of hydrogen-bond donors (Lipinski definition) is 2. The largest absolute Gasteiger partial charge is 0.481 e. The van der Waals surface area contributed by atoms with Gasteiger partial charge in [0.15, 0.2) is 5.78 Å². The van der Waals surface area contributed by atoms with Gasteiger partial charge in [-0.05, 0) is 29.5 Å². The van der Waals surface area contributed by atoms with Gasteiger partial charge in [0.25, 0.3) is 11.8 Å². The topological polar surface area (TPSA) is 121 Å². The number of carboxylic acids is 1. The van der Waals surface area contributed by atoms with Gasteiger partial charge in [-0.2, -0.15) is 0 Å². The summed E-state index contributed by atoms with van der Waals surface area (Å²) in [5.41, 5.74) is 1.47. The van der Waals surface area contributed by atoms with Crippen molar-refractivity contribution in [3.63, 3.8) is 0 Å². The van der Waals surface area contributed by atoms with Gasteiger partial charge < -0.3 is 10.4 Å². The molecule has 8 heteroatoms. The second-order valence-corrected chi connectivity index (χ2v) is 8.15. The second-order valence-electron chi connectivity index (χ2n) is 8.15. The second kappa shape index (κ2) is 9.66. The van der Waals surface area contributed by atoms with E-state index in [9.17, 15) is 29.1 Å². The van der Waals surface area contributed by atoms with Crippen molar-refractivity contribution in [1.82, 2.24) is 10.2 Å². The molecule has 1 aliphatic rings. The molecule has 3 amide bonds. The van der Waals surface area contributed by atoms with Crippen molar-refractivity contribution in [1.29, 1.82) is 0 Å². The lowest BCUT2D eigenvalue weighted by atomic mass is 9.94. The molecule has 0 bridgehead atoms. The molecule has 34 heavy (non-hydrogen) atoms. The molecule has 1 unspecified atom stereocenters. The maximum atomic E-state index is 12.9. The van der Waals surface area contributed by atoms with Crippen molar-refractivity contribution in [2.24, 2.45) is 5.92 Å². The van der Waals surface area contributed by atoms with Crippen molar-refractivity contribution < 1.29 is 29.1 Å². The van der Waals surface area contributed by atoms with Gasteiger partial charge in [-0.3, -0.25) is 28.9 Å². The zero-order chi connectivity index (χ0) is 24.2. The molecular formula is C26H22N2O6. The molecule has 1 heterocycles. The fraction of sp³-hybridized carbons (Fsp3) is 0.192. The van der Waals surface area contributed by atoms with Crippen LogP contribution in [0.2, 0.25) is 0 Å². The third kappa shape index (κ3) is 4.71. The number of aliphatic carboxylic acids is 1. The smallest absolute Gasteiger partial charge is 0.307 e. The summed E-state index contributed by atoms with van der Waals surface area (Å²) in [5.74, 6) is -4.32. The zero-order valence-electron chi connectivity index (χ0n) is 18.2. The van der Waals surface area contributed by atoms with Crippen molar-refractivity contribution in [3.05, 3.63) is 83.4 Å². The maximum absolute atomic E-state index is 12.9. The molecule has 0 aliphatic carbocycles. The number of hydrogen-bond acceptors (Lipinski definition) is 5. The minimum atomic E-state index is -1.10. The van der Waals surface area contributed by atoms with Crippen molar-refractivity contribution in [2.75, 3.05) is 13.1 Å². The monoisotopic (exact) mass is 458 g/mol. The zero-order valence-corrected chi connectivity index (χ0v) is 18.2. The fourth-order valence-electron chi connectivity index (χ4n) is 4.11. The molecule has 1 aliphatic heterocycles. The third-order valence-electron chi connectivity index (χ3n) is 5.79. The Kier molecular flexibility index (Phi) is 6.49. The molecule has 172 valence electrons. The Morgan fingerprint density at radius 3 is 2.06 bits per heavy atom. The van der Waals surface area contributed by atoms with E-state index in [0.717, 1.165) is 15.8 Å². The van der Waals surface area contributed by atoms with E-state index in [1.165, 1.54) is 0 Å². The molecule has 0 spiro atoms. The Morgan fingerprint density at radius 2 is 1.47 bits per heavy atom. The lowest BCUT2D eigenvalue weighted by Gasteiger charge is -2.26. The fourth-order valence-corrected chi connectivity index (χ4v) is 4.11. The number of carboxylic acid groups (broad SMARTS) is 1. The van der Waals surface area contributed by atoms with Gasteiger partial charge in [0, 0.05) is 22.9 Å². The van der Waals surface area contributed by atoms with Gasteiger partial charge in [-0.1, -0.05) is 54.6 Å². The predicted octanol–water partition coefficient (Wildman–Crippen LogP) is 2.45. The Hall–Kier alpha value is -4.33. The normalized spacial score (nSPS) is 13.6. The van der Waals surface area contributed by atoms with Crippen LogP contribution in [0, 0.1) is 5.92 Å². The van der Waals surface area contributed by atoms with Crippen LogP contribution in [0.25, 0.3) is 10.8 Å². The van der Waals surface area contributed by atoms with Gasteiger partial charge in [-0.25, -0.2) is 0 Å². The molecular weight excluding hydrogens is 436 g/mol. The van der Waals surface area contributed by atoms with Crippen LogP contribution in [0.5, 0.6) is 0 Å². The summed E-state index contributed by atoms with van der Waals surface area (Å²) < 4.78 is 0. The highest BCUT2D eigenvalue weighted by molar-refractivity contribution is 6.26. The summed E-state index contributed by atoms with van der Waals surface area (Å²) in [5, 5.41) is 13.2. The number of nitrogens with zero attached hydrogens (tertiary/aromatic N) is 1.